The summed E-state index contributed by atoms with van der Waals surface area (Å²) in [5, 5.41) is 21.1. The smallest absolute Gasteiger partial charge is 0.292 e. The van der Waals surface area contributed by atoms with E-state index in [0.29, 0.717) is 11.6 Å². The van der Waals surface area contributed by atoms with Crippen molar-refractivity contribution < 1.29 is 18.9 Å². The maximum atomic E-state index is 12.4. The normalized spacial score (nSPS) is 11.6. The van der Waals surface area contributed by atoms with Crippen molar-refractivity contribution in [1.82, 2.24) is 10.2 Å². The van der Waals surface area contributed by atoms with Gasteiger partial charge < -0.3 is 14.5 Å². The van der Waals surface area contributed by atoms with E-state index in [1.54, 1.807) is 44.4 Å². The third-order valence-corrected chi connectivity index (χ3v) is 4.68. The van der Waals surface area contributed by atoms with E-state index in [0.717, 1.165) is 17.3 Å². The van der Waals surface area contributed by atoms with Crippen LogP contribution in [0.1, 0.15) is 6.92 Å². The molecule has 144 valence electrons. The Bertz CT molecular complexity index is 990. The summed E-state index contributed by atoms with van der Waals surface area (Å²) < 4.78 is 10.7. The molecule has 0 aliphatic heterocycles. The van der Waals surface area contributed by atoms with E-state index >= 15 is 0 Å². The Hall–Kier alpha value is -3.40. The molecule has 1 N–H and O–H groups in total. The Morgan fingerprint density at radius 2 is 1.93 bits per heavy atom. The minimum atomic E-state index is -0.607. The van der Waals surface area contributed by atoms with Gasteiger partial charge in [-0.15, -0.1) is 10.2 Å². The van der Waals surface area contributed by atoms with Gasteiger partial charge in [0, 0.05) is 11.6 Å². The average molecular weight is 400 g/mol. The summed E-state index contributed by atoms with van der Waals surface area (Å²) >= 11 is 1.06. The maximum absolute atomic E-state index is 12.4. The number of thioether (sulfide) groups is 1. The molecule has 0 saturated heterocycles. The molecular formula is C18H16N4O5S. The topological polar surface area (TPSA) is 120 Å². The van der Waals surface area contributed by atoms with Gasteiger partial charge in [0.15, 0.2) is 0 Å². The van der Waals surface area contributed by atoms with Gasteiger partial charge in [0.1, 0.15) is 11.4 Å². The number of carbonyl (C=O) groups is 1. The summed E-state index contributed by atoms with van der Waals surface area (Å²) in [4.78, 5) is 22.9. The predicted molar refractivity (Wildman–Crippen MR) is 103 cm³/mol. The number of nitrogens with one attached hydrogen (secondary N) is 1. The number of hydrogen-bond acceptors (Lipinski definition) is 8. The highest BCUT2D eigenvalue weighted by Gasteiger charge is 2.22. The number of carbonyl (C=O) groups excluding carboxylic acids is 1. The van der Waals surface area contributed by atoms with Crippen molar-refractivity contribution in [3.8, 4) is 17.2 Å². The van der Waals surface area contributed by atoms with Gasteiger partial charge in [-0.3, -0.25) is 14.9 Å². The number of para-hydroxylation sites is 2. The number of anilines is 1. The van der Waals surface area contributed by atoms with Crippen LogP contribution in [0.25, 0.3) is 11.5 Å². The maximum Gasteiger partial charge on any atom is 0.292 e. The fourth-order valence-electron chi connectivity index (χ4n) is 2.29. The second-order valence-corrected chi connectivity index (χ2v) is 6.92. The lowest BCUT2D eigenvalue weighted by molar-refractivity contribution is -0.383. The Kier molecular flexibility index (Phi) is 5.90. The summed E-state index contributed by atoms with van der Waals surface area (Å²) in [5.41, 5.74) is 0.680. The Balaban J connectivity index is 1.66. The third kappa shape index (κ3) is 4.46. The molecule has 0 saturated carbocycles. The average Bonchev–Trinajstić information content (AvgIpc) is 3.16. The van der Waals surface area contributed by atoms with Crippen LogP contribution in [0.15, 0.2) is 58.2 Å². The van der Waals surface area contributed by atoms with Gasteiger partial charge in [0.05, 0.1) is 17.3 Å². The van der Waals surface area contributed by atoms with Gasteiger partial charge >= 0.3 is 0 Å². The van der Waals surface area contributed by atoms with Crippen LogP contribution in [-0.4, -0.2) is 33.4 Å². The van der Waals surface area contributed by atoms with E-state index < -0.39 is 16.1 Å². The number of nitrogens with zero attached hydrogens (tertiary/aromatic N) is 3. The molecule has 3 aromatic rings. The van der Waals surface area contributed by atoms with Gasteiger partial charge in [-0.25, -0.2) is 0 Å². The van der Waals surface area contributed by atoms with Crippen LogP contribution in [0, 0.1) is 10.1 Å². The van der Waals surface area contributed by atoms with Gasteiger partial charge in [0.25, 0.3) is 10.9 Å². The number of benzene rings is 2. The Labute approximate surface area is 164 Å². The lowest BCUT2D eigenvalue weighted by Crippen LogP contribution is -2.22. The van der Waals surface area contributed by atoms with Crippen LogP contribution in [0.3, 0.4) is 0 Å². The second kappa shape index (κ2) is 8.53. The molecule has 2 aromatic carbocycles. The molecule has 0 unspecified atom stereocenters. The van der Waals surface area contributed by atoms with Crippen molar-refractivity contribution in [1.29, 1.82) is 0 Å². The predicted octanol–water partition coefficient (Wildman–Crippen LogP) is 3.77. The highest BCUT2D eigenvalue weighted by molar-refractivity contribution is 8.00. The number of nitro groups is 1. The SMILES string of the molecule is COc1ccc(-c2nnc(S[C@H](C)C(=O)Nc3ccccc3[N+](=O)[O-])o2)cc1. The molecule has 10 heteroatoms. The van der Waals surface area contributed by atoms with Crippen LogP contribution in [0.4, 0.5) is 11.4 Å². The first-order valence-electron chi connectivity index (χ1n) is 8.17. The minimum Gasteiger partial charge on any atom is -0.497 e. The van der Waals surface area contributed by atoms with Gasteiger partial charge in [-0.1, -0.05) is 23.9 Å². The molecule has 0 spiro atoms. The quantitative estimate of drug-likeness (QED) is 0.361. The third-order valence-electron chi connectivity index (χ3n) is 3.75. The van der Waals surface area contributed by atoms with E-state index in [1.165, 1.54) is 18.2 Å². The fourth-order valence-corrected chi connectivity index (χ4v) is 2.97. The van der Waals surface area contributed by atoms with Crippen molar-refractivity contribution in [2.75, 3.05) is 12.4 Å². The van der Waals surface area contributed by atoms with Crippen molar-refractivity contribution in [3.63, 3.8) is 0 Å². The number of nitro benzene ring substituents is 1. The first-order chi connectivity index (χ1) is 13.5. The molecule has 0 aliphatic carbocycles. The number of ether oxygens (including phenoxy) is 1. The summed E-state index contributed by atoms with van der Waals surface area (Å²) in [6, 6.07) is 13.1. The summed E-state index contributed by atoms with van der Waals surface area (Å²) in [6.07, 6.45) is 0. The number of methoxy groups -OCH3 is 1. The molecule has 9 nitrogen and oxygen atoms in total. The molecule has 3 rings (SSSR count). The van der Waals surface area contributed by atoms with Crippen molar-refractivity contribution >= 4 is 29.0 Å². The summed E-state index contributed by atoms with van der Waals surface area (Å²) in [6.45, 7) is 1.64. The Morgan fingerprint density at radius 1 is 1.21 bits per heavy atom. The minimum absolute atomic E-state index is 0.134. The van der Waals surface area contributed by atoms with Gasteiger partial charge in [0.2, 0.25) is 11.8 Å². The molecule has 1 atom stereocenters. The van der Waals surface area contributed by atoms with E-state index in [4.69, 9.17) is 9.15 Å². The van der Waals surface area contributed by atoms with E-state index in [9.17, 15) is 14.9 Å². The van der Waals surface area contributed by atoms with Crippen LogP contribution in [0.5, 0.6) is 5.75 Å². The molecule has 1 amide bonds. The molecule has 1 aromatic heterocycles. The highest BCUT2D eigenvalue weighted by atomic mass is 32.2. The van der Waals surface area contributed by atoms with Crippen LogP contribution in [0.2, 0.25) is 0 Å². The molecule has 1 heterocycles. The van der Waals surface area contributed by atoms with Crippen molar-refractivity contribution in [2.45, 2.75) is 17.4 Å². The molecule has 0 radical (unpaired) electrons. The molecular weight excluding hydrogens is 384 g/mol. The lowest BCUT2D eigenvalue weighted by atomic mass is 10.2. The highest BCUT2D eigenvalue weighted by Crippen LogP contribution is 2.29. The molecule has 0 bridgehead atoms. The number of hydrogen-bond donors (Lipinski definition) is 1. The lowest BCUT2D eigenvalue weighted by Gasteiger charge is -2.10. The van der Waals surface area contributed by atoms with E-state index in [1.807, 2.05) is 0 Å². The monoisotopic (exact) mass is 400 g/mol. The first kappa shape index (κ1) is 19.4. The van der Waals surface area contributed by atoms with Gasteiger partial charge in [-0.05, 0) is 37.3 Å². The van der Waals surface area contributed by atoms with Crippen LogP contribution in [-0.2, 0) is 4.79 Å². The van der Waals surface area contributed by atoms with Crippen LogP contribution < -0.4 is 10.1 Å². The standard InChI is InChI=1S/C18H16N4O5S/c1-11(16(23)19-14-5-3-4-6-15(14)22(24)25)28-18-21-20-17(27-18)12-7-9-13(26-2)10-8-12/h3-11H,1-2H3,(H,19,23)/t11-/m1/s1. The second-order valence-electron chi connectivity index (χ2n) is 5.63. The zero-order chi connectivity index (χ0) is 20.1. The van der Waals surface area contributed by atoms with Crippen LogP contribution >= 0.6 is 11.8 Å². The number of amides is 1. The zero-order valence-electron chi connectivity index (χ0n) is 15.0. The summed E-state index contributed by atoms with van der Waals surface area (Å²) in [7, 11) is 1.58. The first-order valence-corrected chi connectivity index (χ1v) is 9.04. The largest absolute Gasteiger partial charge is 0.497 e. The zero-order valence-corrected chi connectivity index (χ0v) is 15.8. The molecule has 0 fully saturated rings. The fraction of sp³-hybridized carbons (Fsp3) is 0.167. The van der Waals surface area contributed by atoms with E-state index in [2.05, 4.69) is 15.5 Å². The number of rotatable bonds is 7. The molecule has 0 aliphatic rings. The number of aromatic nitrogens is 2. The van der Waals surface area contributed by atoms with Gasteiger partial charge in [-0.2, -0.15) is 0 Å². The Morgan fingerprint density at radius 3 is 2.61 bits per heavy atom. The van der Waals surface area contributed by atoms with Crippen molar-refractivity contribution in [3.05, 3.63) is 58.6 Å². The summed E-state index contributed by atoms with van der Waals surface area (Å²) in [5.74, 6) is 0.609. The molecule has 28 heavy (non-hydrogen) atoms. The van der Waals surface area contributed by atoms with Crippen molar-refractivity contribution in [2.24, 2.45) is 0 Å². The van der Waals surface area contributed by atoms with E-state index in [-0.39, 0.29) is 16.6 Å².